The number of benzene rings is 4. The van der Waals surface area contributed by atoms with Gasteiger partial charge in [-0.25, -0.2) is 0 Å². The van der Waals surface area contributed by atoms with Gasteiger partial charge < -0.3 is 39.6 Å². The molecular formula is C58H63N7O11. The molecule has 0 radical (unpaired) electrons. The number of carbonyl (C=O) groups excluding carboxylic acids is 6. The van der Waals surface area contributed by atoms with E-state index in [2.05, 4.69) is 20.7 Å². The molecule has 5 aliphatic rings. The molecule has 0 spiro atoms. The fourth-order valence-electron chi connectivity index (χ4n) is 10.2. The summed E-state index contributed by atoms with van der Waals surface area (Å²) in [5, 5.41) is 8.47. The number of amides is 5. The van der Waals surface area contributed by atoms with Crippen molar-refractivity contribution in [3.63, 3.8) is 0 Å². The second-order valence-corrected chi connectivity index (χ2v) is 20.1. The van der Waals surface area contributed by atoms with Gasteiger partial charge in [0.05, 0.1) is 43.3 Å². The molecule has 4 aliphatic heterocycles. The molecule has 4 aromatic rings. The predicted molar refractivity (Wildman–Crippen MR) is 286 cm³/mol. The summed E-state index contributed by atoms with van der Waals surface area (Å²) >= 11 is 0. The minimum atomic E-state index is -1.04. The number of nitrogens with one attached hydrogen (secondary N) is 3. The number of para-hydroxylation sites is 2. The van der Waals surface area contributed by atoms with Crippen LogP contribution >= 0.6 is 0 Å². The number of rotatable bonds is 19. The monoisotopic (exact) mass is 1030 g/mol. The Morgan fingerprint density at radius 2 is 1.37 bits per heavy atom. The summed E-state index contributed by atoms with van der Waals surface area (Å²) < 4.78 is 29.6. The molecule has 9 rings (SSSR count). The van der Waals surface area contributed by atoms with E-state index in [4.69, 9.17) is 28.9 Å². The van der Waals surface area contributed by atoms with E-state index in [9.17, 15) is 28.8 Å². The maximum Gasteiger partial charge on any atom is 0.305 e. The molecule has 76 heavy (non-hydrogen) atoms. The first kappa shape index (κ1) is 52.7. The van der Waals surface area contributed by atoms with Crippen LogP contribution < -0.4 is 35.2 Å². The van der Waals surface area contributed by atoms with E-state index < -0.39 is 29.5 Å². The summed E-state index contributed by atoms with van der Waals surface area (Å²) in [6.45, 7) is 6.96. The van der Waals surface area contributed by atoms with E-state index in [0.717, 1.165) is 22.5 Å². The van der Waals surface area contributed by atoms with Crippen molar-refractivity contribution in [3.05, 3.63) is 130 Å². The first-order valence-corrected chi connectivity index (χ1v) is 25.6. The Morgan fingerprint density at radius 3 is 2.01 bits per heavy atom. The molecule has 3 N–H and O–H groups in total. The van der Waals surface area contributed by atoms with Crippen molar-refractivity contribution in [3.8, 4) is 11.5 Å². The number of esters is 1. The molecule has 0 bridgehead atoms. The van der Waals surface area contributed by atoms with E-state index in [0.29, 0.717) is 82.3 Å². The molecule has 396 valence electrons. The summed E-state index contributed by atoms with van der Waals surface area (Å²) in [6, 6.07) is 21.9. The standard InChI is InChI=1S/C58H63N7O11/c1-33(2)53(63-51(66)18-12-13-19-52(67)73-6)55(69)61-34(3)54(68)62-39-21-35(31-75-49-26-44-42(25-48(49)72-5)56(70)64-40(29-59-44)23-37-14-8-10-16-46(37)64)20-36(22-39)32-76-50-27-45-43(28-58(50,4)74-7)57(71)65-41(30-60-45)24-38-15-9-11-17-47(38)65/h8-11,14-17,20-22,25-27,29-30,33-34,40-41,53H,12-13,18-19,23-24,28,31-32H2,1-7H3,(H,61,69)(H,62,68)(H,63,66)/t34-,40-,41-,53-,58?/m0/s1. The molecule has 0 saturated heterocycles. The minimum Gasteiger partial charge on any atom is -0.493 e. The smallest absolute Gasteiger partial charge is 0.305 e. The topological polar surface area (TPSA) is 216 Å². The molecule has 0 saturated carbocycles. The van der Waals surface area contributed by atoms with Crippen LogP contribution in [0.15, 0.2) is 112 Å². The van der Waals surface area contributed by atoms with Crippen LogP contribution in [0, 0.1) is 5.92 Å². The van der Waals surface area contributed by atoms with Crippen molar-refractivity contribution >= 4 is 70.7 Å². The SMILES string of the molecule is COC(=O)CCCCC(=O)N[C@H](C(=O)N[C@@H](C)C(=O)Nc1cc(COC2=CC3=C(CC2(C)OC)C(=O)N2c4ccccc4C[C@H]2C=N3)cc(COc2cc3c(cc2OC)C(=O)N2c4ccccc4C[C@H]2C=N3)c1)C(C)C. The molecule has 18 nitrogen and oxygen atoms in total. The number of allylic oxidation sites excluding steroid dienone is 1. The third-order valence-corrected chi connectivity index (χ3v) is 14.5. The van der Waals surface area contributed by atoms with Crippen molar-refractivity contribution in [2.45, 2.75) is 116 Å². The van der Waals surface area contributed by atoms with Crippen molar-refractivity contribution < 1.29 is 52.5 Å². The highest BCUT2D eigenvalue weighted by atomic mass is 16.5. The van der Waals surface area contributed by atoms with E-state index >= 15 is 0 Å². The number of hydrogen-bond acceptors (Lipinski definition) is 13. The number of ether oxygens (including phenoxy) is 5. The average molecular weight is 1030 g/mol. The molecule has 1 aliphatic carbocycles. The fraction of sp³-hybridized carbons (Fsp3) is 0.379. The Kier molecular flexibility index (Phi) is 15.5. The summed E-state index contributed by atoms with van der Waals surface area (Å²) in [5.41, 5.74) is 6.24. The van der Waals surface area contributed by atoms with Crippen LogP contribution in [0.5, 0.6) is 11.5 Å². The zero-order chi connectivity index (χ0) is 53.8. The highest BCUT2D eigenvalue weighted by Crippen LogP contribution is 2.43. The van der Waals surface area contributed by atoms with Crippen LogP contribution in [-0.4, -0.2) is 99.0 Å². The van der Waals surface area contributed by atoms with Crippen LogP contribution in [0.4, 0.5) is 22.7 Å². The Morgan fingerprint density at radius 1 is 0.737 bits per heavy atom. The largest absolute Gasteiger partial charge is 0.493 e. The zero-order valence-corrected chi connectivity index (χ0v) is 43.8. The highest BCUT2D eigenvalue weighted by molar-refractivity contribution is 6.15. The minimum absolute atomic E-state index is 0.00553. The number of aliphatic imine (C=N–C) groups is 2. The molecule has 18 heteroatoms. The van der Waals surface area contributed by atoms with Crippen LogP contribution in [0.1, 0.15) is 92.4 Å². The molecule has 4 heterocycles. The van der Waals surface area contributed by atoms with Gasteiger partial charge in [-0.3, -0.25) is 48.6 Å². The molecule has 0 fully saturated rings. The Bertz CT molecular complexity index is 3110. The lowest BCUT2D eigenvalue weighted by atomic mass is 9.87. The Hall–Kier alpha value is -8.12. The van der Waals surface area contributed by atoms with E-state index in [-0.39, 0.29) is 74.2 Å². The van der Waals surface area contributed by atoms with Gasteiger partial charge in [-0.2, -0.15) is 0 Å². The molecule has 0 aromatic heterocycles. The molecule has 4 aromatic carbocycles. The lowest BCUT2D eigenvalue weighted by Gasteiger charge is -2.35. The Labute approximate surface area is 441 Å². The maximum atomic E-state index is 14.3. The van der Waals surface area contributed by atoms with E-state index in [1.807, 2.05) is 72.6 Å². The molecular weight excluding hydrogens is 971 g/mol. The first-order valence-electron chi connectivity index (χ1n) is 25.6. The summed E-state index contributed by atoms with van der Waals surface area (Å²) in [6.07, 6.45) is 8.05. The fourth-order valence-corrected chi connectivity index (χ4v) is 10.2. The van der Waals surface area contributed by atoms with Gasteiger partial charge in [0.15, 0.2) is 11.5 Å². The van der Waals surface area contributed by atoms with E-state index in [1.165, 1.54) is 14.2 Å². The third kappa shape index (κ3) is 11.0. The molecule has 1 unspecified atom stereocenters. The van der Waals surface area contributed by atoms with Crippen LogP contribution in [-0.2, 0) is 64.2 Å². The number of unbranched alkanes of at least 4 members (excludes halogenated alkanes) is 1. The van der Waals surface area contributed by atoms with Gasteiger partial charge in [-0.15, -0.1) is 0 Å². The van der Waals surface area contributed by atoms with Gasteiger partial charge in [0.2, 0.25) is 17.7 Å². The van der Waals surface area contributed by atoms with Crippen molar-refractivity contribution in [2.24, 2.45) is 15.9 Å². The summed E-state index contributed by atoms with van der Waals surface area (Å²) in [4.78, 5) is 93.4. The second-order valence-electron chi connectivity index (χ2n) is 20.1. The lowest BCUT2D eigenvalue weighted by Crippen LogP contribution is -2.53. The van der Waals surface area contributed by atoms with Crippen molar-refractivity contribution in [1.82, 2.24) is 10.6 Å². The Balaban J connectivity index is 0.951. The summed E-state index contributed by atoms with van der Waals surface area (Å²) in [5.74, 6) is -1.32. The zero-order valence-electron chi connectivity index (χ0n) is 43.8. The van der Waals surface area contributed by atoms with E-state index in [1.54, 1.807) is 69.3 Å². The third-order valence-electron chi connectivity index (χ3n) is 14.5. The number of anilines is 3. The van der Waals surface area contributed by atoms with Crippen LogP contribution in [0.25, 0.3) is 0 Å². The highest BCUT2D eigenvalue weighted by Gasteiger charge is 2.44. The number of methoxy groups -OCH3 is 3. The first-order chi connectivity index (χ1) is 36.6. The van der Waals surface area contributed by atoms with Gasteiger partial charge in [-0.05, 0) is 91.3 Å². The van der Waals surface area contributed by atoms with Gasteiger partial charge in [0, 0.05) is 86.4 Å². The van der Waals surface area contributed by atoms with Crippen LogP contribution in [0.2, 0.25) is 0 Å². The van der Waals surface area contributed by atoms with Gasteiger partial charge >= 0.3 is 5.97 Å². The number of carbonyl (C=O) groups is 6. The maximum absolute atomic E-state index is 14.3. The summed E-state index contributed by atoms with van der Waals surface area (Å²) in [7, 11) is 4.37. The normalized spacial score (nSPS) is 19.7. The quantitative estimate of drug-likeness (QED) is 0.0622. The van der Waals surface area contributed by atoms with Crippen LogP contribution in [0.3, 0.4) is 0 Å². The predicted octanol–water partition coefficient (Wildman–Crippen LogP) is 7.38. The van der Waals surface area contributed by atoms with Gasteiger partial charge in [0.1, 0.15) is 36.7 Å². The van der Waals surface area contributed by atoms with Crippen molar-refractivity contribution in [2.75, 3.05) is 36.4 Å². The van der Waals surface area contributed by atoms with Gasteiger partial charge in [-0.1, -0.05) is 50.2 Å². The second kappa shape index (κ2) is 22.4. The molecule has 5 amide bonds. The van der Waals surface area contributed by atoms with Crippen molar-refractivity contribution in [1.29, 1.82) is 0 Å². The number of hydrogen-bond donors (Lipinski definition) is 3. The number of nitrogens with zero attached hydrogens (tertiary/aromatic N) is 4. The van der Waals surface area contributed by atoms with Gasteiger partial charge in [0.25, 0.3) is 11.8 Å². The number of fused-ring (bicyclic) bond motifs is 7. The lowest BCUT2D eigenvalue weighted by molar-refractivity contribution is -0.140. The molecule has 5 atom stereocenters. The average Bonchev–Trinajstić information content (AvgIpc) is 3.93.